The van der Waals surface area contributed by atoms with E-state index in [0.717, 1.165) is 13.1 Å². The third-order valence-corrected chi connectivity index (χ3v) is 2.74. The lowest BCUT2D eigenvalue weighted by molar-refractivity contribution is 0.693. The van der Waals surface area contributed by atoms with Gasteiger partial charge in [-0.25, -0.2) is 0 Å². The van der Waals surface area contributed by atoms with Gasteiger partial charge in [0.1, 0.15) is 0 Å². The van der Waals surface area contributed by atoms with Crippen molar-refractivity contribution in [1.82, 2.24) is 5.32 Å². The number of hydrogen-bond donors (Lipinski definition) is 2. The summed E-state index contributed by atoms with van der Waals surface area (Å²) in [7, 11) is 0. The molecule has 0 bridgehead atoms. The summed E-state index contributed by atoms with van der Waals surface area (Å²) in [5.74, 6) is 0. The Hall–Kier alpha value is -0.860. The third kappa shape index (κ3) is 5.29. The van der Waals surface area contributed by atoms with Crippen molar-refractivity contribution in [3.63, 3.8) is 0 Å². The topological polar surface area (TPSA) is 38.0 Å². The van der Waals surface area contributed by atoms with E-state index < -0.39 is 0 Å². The molecule has 0 saturated heterocycles. The molecule has 1 aromatic rings. The second kappa shape index (κ2) is 8.31. The van der Waals surface area contributed by atoms with E-state index in [2.05, 4.69) is 36.5 Å². The first kappa shape index (κ1) is 13.2. The van der Waals surface area contributed by atoms with Gasteiger partial charge in [0.05, 0.1) is 0 Å². The minimum absolute atomic E-state index is 0.703. The molecule has 2 heteroatoms. The van der Waals surface area contributed by atoms with Gasteiger partial charge in [0, 0.05) is 19.6 Å². The molecule has 0 aliphatic heterocycles. The predicted molar refractivity (Wildman–Crippen MR) is 70.4 cm³/mol. The largest absolute Gasteiger partial charge is 0.329 e. The number of hydrogen-bond acceptors (Lipinski definition) is 2. The zero-order valence-electron chi connectivity index (χ0n) is 10.3. The molecule has 1 aromatic carbocycles. The minimum atomic E-state index is 0.703. The van der Waals surface area contributed by atoms with E-state index in [0.29, 0.717) is 6.54 Å². The van der Waals surface area contributed by atoms with Crippen LogP contribution in [0.25, 0.3) is 0 Å². The zero-order chi connectivity index (χ0) is 11.6. The summed E-state index contributed by atoms with van der Waals surface area (Å²) in [6, 6.07) is 8.92. The van der Waals surface area contributed by atoms with E-state index in [1.54, 1.807) is 0 Å². The van der Waals surface area contributed by atoms with Crippen LogP contribution in [0.1, 0.15) is 37.3 Å². The first-order valence-electron chi connectivity index (χ1n) is 6.35. The van der Waals surface area contributed by atoms with Crippen LogP contribution in [0.2, 0.25) is 0 Å². The fourth-order valence-electron chi connectivity index (χ4n) is 1.74. The van der Waals surface area contributed by atoms with E-state index in [1.807, 2.05) is 0 Å². The molecule has 0 aliphatic carbocycles. The molecule has 2 nitrogen and oxygen atoms in total. The normalized spacial score (nSPS) is 10.6. The maximum atomic E-state index is 5.42. The molecule has 0 fully saturated rings. The summed E-state index contributed by atoms with van der Waals surface area (Å²) in [6.07, 6.45) is 5.15. The molecule has 0 unspecified atom stereocenters. The number of rotatable bonds is 8. The molecule has 0 spiro atoms. The van der Waals surface area contributed by atoms with Gasteiger partial charge in [-0.1, -0.05) is 44.0 Å². The Bertz CT molecular complexity index is 238. The lowest BCUT2D eigenvalue weighted by atomic mass is 10.1. The molecule has 0 aromatic heterocycles. The van der Waals surface area contributed by atoms with E-state index >= 15 is 0 Å². The van der Waals surface area contributed by atoms with Crippen LogP contribution in [0.3, 0.4) is 0 Å². The van der Waals surface area contributed by atoms with Crippen LogP contribution in [0.15, 0.2) is 24.3 Å². The van der Waals surface area contributed by atoms with Gasteiger partial charge in [-0.05, 0) is 24.0 Å². The fraction of sp³-hybridized carbons (Fsp3) is 0.571. The van der Waals surface area contributed by atoms with Crippen LogP contribution in [-0.2, 0) is 13.0 Å². The highest BCUT2D eigenvalue weighted by Gasteiger charge is 1.95. The van der Waals surface area contributed by atoms with Gasteiger partial charge in [0.15, 0.2) is 0 Å². The summed E-state index contributed by atoms with van der Waals surface area (Å²) < 4.78 is 0. The first-order valence-corrected chi connectivity index (χ1v) is 6.35. The number of aryl methyl sites for hydroxylation is 1. The zero-order valence-corrected chi connectivity index (χ0v) is 10.3. The molecule has 16 heavy (non-hydrogen) atoms. The van der Waals surface area contributed by atoms with Crippen molar-refractivity contribution in [2.45, 2.75) is 39.2 Å². The Morgan fingerprint density at radius 3 is 2.38 bits per heavy atom. The van der Waals surface area contributed by atoms with E-state index in [9.17, 15) is 0 Å². The van der Waals surface area contributed by atoms with Gasteiger partial charge in [-0.15, -0.1) is 0 Å². The van der Waals surface area contributed by atoms with Crippen molar-refractivity contribution in [3.8, 4) is 0 Å². The summed E-state index contributed by atoms with van der Waals surface area (Å²) in [5.41, 5.74) is 8.22. The molecule has 0 saturated carbocycles. The second-order valence-corrected chi connectivity index (χ2v) is 4.24. The Morgan fingerprint density at radius 1 is 1.06 bits per heavy atom. The van der Waals surface area contributed by atoms with Gasteiger partial charge >= 0.3 is 0 Å². The Labute approximate surface area is 99.2 Å². The van der Waals surface area contributed by atoms with Gasteiger partial charge in [0.25, 0.3) is 0 Å². The predicted octanol–water partition coefficient (Wildman–Crippen LogP) is 2.47. The van der Waals surface area contributed by atoms with Gasteiger partial charge < -0.3 is 11.1 Å². The van der Waals surface area contributed by atoms with Crippen LogP contribution in [0.5, 0.6) is 0 Å². The molecule has 0 atom stereocenters. The average molecular weight is 220 g/mol. The van der Waals surface area contributed by atoms with Crippen LogP contribution in [0, 0.1) is 0 Å². The number of nitrogens with two attached hydrogens (primary N) is 1. The lowest BCUT2D eigenvalue weighted by Gasteiger charge is -2.05. The Balaban J connectivity index is 2.30. The molecule has 3 N–H and O–H groups in total. The molecule has 0 amide bonds. The maximum Gasteiger partial charge on any atom is 0.0206 e. The molecule has 0 aliphatic rings. The number of nitrogens with one attached hydrogen (secondary N) is 1. The van der Waals surface area contributed by atoms with Crippen molar-refractivity contribution in [3.05, 3.63) is 35.4 Å². The smallest absolute Gasteiger partial charge is 0.0206 e. The van der Waals surface area contributed by atoms with E-state index in [4.69, 9.17) is 5.73 Å². The first-order chi connectivity index (χ1) is 7.86. The molecule has 1 rings (SSSR count). The van der Waals surface area contributed by atoms with Crippen LogP contribution in [0.4, 0.5) is 0 Å². The summed E-state index contributed by atoms with van der Waals surface area (Å²) in [6.45, 7) is 4.76. The third-order valence-electron chi connectivity index (χ3n) is 2.74. The van der Waals surface area contributed by atoms with Crippen LogP contribution < -0.4 is 11.1 Å². The van der Waals surface area contributed by atoms with Gasteiger partial charge in [-0.3, -0.25) is 0 Å². The van der Waals surface area contributed by atoms with Crippen molar-refractivity contribution in [2.24, 2.45) is 5.73 Å². The molecular weight excluding hydrogens is 196 g/mol. The lowest BCUT2D eigenvalue weighted by Crippen LogP contribution is -2.21. The van der Waals surface area contributed by atoms with Crippen molar-refractivity contribution in [1.29, 1.82) is 0 Å². The SMILES string of the molecule is CCCCCc1ccc(CNCCN)cc1. The van der Waals surface area contributed by atoms with Crippen molar-refractivity contribution < 1.29 is 0 Å². The highest BCUT2D eigenvalue weighted by molar-refractivity contribution is 5.22. The monoisotopic (exact) mass is 220 g/mol. The van der Waals surface area contributed by atoms with Crippen molar-refractivity contribution in [2.75, 3.05) is 13.1 Å². The molecule has 90 valence electrons. The van der Waals surface area contributed by atoms with Crippen LogP contribution in [-0.4, -0.2) is 13.1 Å². The fourth-order valence-corrected chi connectivity index (χ4v) is 1.74. The second-order valence-electron chi connectivity index (χ2n) is 4.24. The average Bonchev–Trinajstić information content (AvgIpc) is 2.32. The van der Waals surface area contributed by atoms with E-state index in [-0.39, 0.29) is 0 Å². The quantitative estimate of drug-likeness (QED) is 0.660. The summed E-state index contributed by atoms with van der Waals surface area (Å²) in [5, 5.41) is 3.30. The van der Waals surface area contributed by atoms with Gasteiger partial charge in [-0.2, -0.15) is 0 Å². The molecular formula is C14H24N2. The number of benzene rings is 1. The highest BCUT2D eigenvalue weighted by atomic mass is 14.9. The highest BCUT2D eigenvalue weighted by Crippen LogP contribution is 2.08. The summed E-state index contributed by atoms with van der Waals surface area (Å²) >= 11 is 0. The Kier molecular flexibility index (Phi) is 6.86. The van der Waals surface area contributed by atoms with Gasteiger partial charge in [0.2, 0.25) is 0 Å². The standard InChI is InChI=1S/C14H24N2/c1-2-3-4-5-13-6-8-14(9-7-13)12-16-11-10-15/h6-9,16H,2-5,10-12,15H2,1H3. The molecule has 0 heterocycles. The Morgan fingerprint density at radius 2 is 1.75 bits per heavy atom. The molecule has 0 radical (unpaired) electrons. The maximum absolute atomic E-state index is 5.42. The summed E-state index contributed by atoms with van der Waals surface area (Å²) in [4.78, 5) is 0. The van der Waals surface area contributed by atoms with Crippen molar-refractivity contribution >= 4 is 0 Å². The van der Waals surface area contributed by atoms with Crippen LogP contribution >= 0.6 is 0 Å². The number of unbranched alkanes of at least 4 members (excludes halogenated alkanes) is 2. The minimum Gasteiger partial charge on any atom is -0.329 e. The van der Waals surface area contributed by atoms with E-state index in [1.165, 1.54) is 36.8 Å².